The molecule has 4 heteroatoms. The molecule has 0 amide bonds. The highest BCUT2D eigenvalue weighted by atomic mass is 15.3. The molecule has 0 aromatic carbocycles. The molecule has 1 N–H and O–H groups in total. The van der Waals surface area contributed by atoms with Crippen LogP contribution in [0.3, 0.4) is 0 Å². The van der Waals surface area contributed by atoms with Crippen LogP contribution in [0, 0.1) is 28.6 Å². The maximum absolute atomic E-state index is 9.47. The third-order valence-electron chi connectivity index (χ3n) is 3.89. The minimum Gasteiger partial charge on any atom is -0.287 e. The van der Waals surface area contributed by atoms with Crippen molar-refractivity contribution in [3.8, 4) is 12.1 Å². The van der Waals surface area contributed by atoms with Gasteiger partial charge >= 0.3 is 0 Å². The van der Waals surface area contributed by atoms with Crippen molar-refractivity contribution in [1.29, 1.82) is 10.5 Å². The molecule has 2 aliphatic rings. The fourth-order valence-electron chi connectivity index (χ4n) is 3.03. The monoisotopic (exact) mass is 204 g/mol. The molecule has 1 aliphatic heterocycles. The first-order chi connectivity index (χ1) is 7.25. The van der Waals surface area contributed by atoms with E-state index in [1.807, 2.05) is 11.9 Å². The molecule has 80 valence electrons. The van der Waals surface area contributed by atoms with Crippen molar-refractivity contribution in [1.82, 2.24) is 10.2 Å². The lowest BCUT2D eigenvalue weighted by Crippen LogP contribution is -2.53. The Morgan fingerprint density at radius 2 is 2.00 bits per heavy atom. The van der Waals surface area contributed by atoms with Crippen LogP contribution in [0.4, 0.5) is 0 Å². The average Bonchev–Trinajstić information content (AvgIpc) is 2.85. The number of rotatable bonds is 1. The molecule has 2 rings (SSSR count). The predicted molar refractivity (Wildman–Crippen MR) is 55.5 cm³/mol. The number of likely N-dealkylation sites (N-methyl/N-ethyl adjacent to an activating group) is 1. The first kappa shape index (κ1) is 10.4. The Morgan fingerprint density at radius 3 is 2.53 bits per heavy atom. The van der Waals surface area contributed by atoms with E-state index in [2.05, 4.69) is 17.5 Å². The lowest BCUT2D eigenvalue weighted by atomic mass is 9.78. The van der Waals surface area contributed by atoms with Crippen molar-refractivity contribution >= 4 is 0 Å². The summed E-state index contributed by atoms with van der Waals surface area (Å²) in [5, 5.41) is 21.7. The van der Waals surface area contributed by atoms with Crippen LogP contribution in [0.15, 0.2) is 0 Å². The summed E-state index contributed by atoms with van der Waals surface area (Å²) >= 11 is 0. The molecule has 4 nitrogen and oxygen atoms in total. The molecule has 15 heavy (non-hydrogen) atoms. The molecule has 0 aromatic rings. The van der Waals surface area contributed by atoms with Gasteiger partial charge in [0, 0.05) is 0 Å². The lowest BCUT2D eigenvalue weighted by molar-refractivity contribution is 0.155. The fraction of sp³-hybridized carbons (Fsp3) is 0.818. The maximum atomic E-state index is 9.47. The summed E-state index contributed by atoms with van der Waals surface area (Å²) in [6.45, 7) is 0.641. The van der Waals surface area contributed by atoms with Crippen LogP contribution in [0.5, 0.6) is 0 Å². The van der Waals surface area contributed by atoms with Gasteiger partial charge in [-0.15, -0.1) is 0 Å². The summed E-state index contributed by atoms with van der Waals surface area (Å²) in [7, 11) is 1.94. The van der Waals surface area contributed by atoms with Gasteiger partial charge in [0.25, 0.3) is 0 Å². The molecular weight excluding hydrogens is 188 g/mol. The zero-order chi connectivity index (χ0) is 10.9. The van der Waals surface area contributed by atoms with E-state index < -0.39 is 5.54 Å². The minimum atomic E-state index is -0.592. The zero-order valence-corrected chi connectivity index (χ0v) is 9.03. The van der Waals surface area contributed by atoms with Gasteiger partial charge in [0.2, 0.25) is 0 Å². The molecular formula is C11H16N4. The highest BCUT2D eigenvalue weighted by molar-refractivity contribution is 5.26. The van der Waals surface area contributed by atoms with E-state index in [4.69, 9.17) is 5.26 Å². The van der Waals surface area contributed by atoms with Crippen LogP contribution in [0.25, 0.3) is 0 Å². The van der Waals surface area contributed by atoms with Crippen molar-refractivity contribution in [2.45, 2.75) is 37.3 Å². The van der Waals surface area contributed by atoms with Crippen LogP contribution in [-0.2, 0) is 0 Å². The van der Waals surface area contributed by atoms with Crippen LogP contribution in [0.2, 0.25) is 0 Å². The molecule has 1 saturated heterocycles. The highest BCUT2D eigenvalue weighted by Gasteiger charge is 2.53. The number of nitrogens with one attached hydrogen (secondary N) is 1. The molecule has 0 radical (unpaired) electrons. The van der Waals surface area contributed by atoms with Gasteiger partial charge in [-0.3, -0.25) is 10.2 Å². The molecule has 2 atom stereocenters. The fourth-order valence-corrected chi connectivity index (χ4v) is 3.03. The van der Waals surface area contributed by atoms with Crippen molar-refractivity contribution in [3.63, 3.8) is 0 Å². The normalized spacial score (nSPS) is 37.7. The van der Waals surface area contributed by atoms with Crippen molar-refractivity contribution in [3.05, 3.63) is 0 Å². The maximum Gasteiger partial charge on any atom is 0.141 e. The molecule has 0 bridgehead atoms. The van der Waals surface area contributed by atoms with Crippen LogP contribution in [0.1, 0.15) is 25.7 Å². The molecule has 0 aromatic heterocycles. The van der Waals surface area contributed by atoms with Crippen molar-refractivity contribution in [2.75, 3.05) is 13.7 Å². The summed E-state index contributed by atoms with van der Waals surface area (Å²) in [5.74, 6) is 0.354. The third-order valence-corrected chi connectivity index (χ3v) is 3.89. The van der Waals surface area contributed by atoms with Crippen LogP contribution in [-0.4, -0.2) is 30.2 Å². The molecule has 0 spiro atoms. The predicted octanol–water partition coefficient (Wildman–Crippen LogP) is 0.824. The van der Waals surface area contributed by atoms with E-state index in [9.17, 15) is 5.26 Å². The van der Waals surface area contributed by atoms with Gasteiger partial charge in [-0.25, -0.2) is 0 Å². The largest absolute Gasteiger partial charge is 0.287 e. The quantitative estimate of drug-likeness (QED) is 0.687. The first-order valence-electron chi connectivity index (χ1n) is 5.51. The Morgan fingerprint density at radius 1 is 1.33 bits per heavy atom. The number of nitriles is 2. The van der Waals surface area contributed by atoms with E-state index in [1.165, 1.54) is 12.8 Å². The molecule has 1 saturated carbocycles. The van der Waals surface area contributed by atoms with Gasteiger partial charge in [-0.1, -0.05) is 12.8 Å². The highest BCUT2D eigenvalue weighted by Crippen LogP contribution is 2.40. The Balaban J connectivity index is 2.33. The smallest absolute Gasteiger partial charge is 0.141 e. The third kappa shape index (κ3) is 1.33. The summed E-state index contributed by atoms with van der Waals surface area (Å²) in [5.41, 5.74) is -0.592. The van der Waals surface area contributed by atoms with Gasteiger partial charge in [0.15, 0.2) is 0 Å². The second-order valence-electron chi connectivity index (χ2n) is 4.54. The first-order valence-corrected chi connectivity index (χ1v) is 5.51. The van der Waals surface area contributed by atoms with Crippen LogP contribution < -0.4 is 5.32 Å². The van der Waals surface area contributed by atoms with Gasteiger partial charge in [0.05, 0.1) is 18.8 Å². The van der Waals surface area contributed by atoms with E-state index in [0.29, 0.717) is 12.6 Å². The molecule has 1 aliphatic carbocycles. The van der Waals surface area contributed by atoms with Gasteiger partial charge in [-0.2, -0.15) is 10.5 Å². The Bertz CT molecular complexity index is 320. The molecule has 2 unspecified atom stereocenters. The summed E-state index contributed by atoms with van der Waals surface area (Å²) in [4.78, 5) is 2.01. The van der Waals surface area contributed by atoms with E-state index in [1.54, 1.807) is 0 Å². The average molecular weight is 204 g/mol. The zero-order valence-electron chi connectivity index (χ0n) is 9.03. The number of hydrogen-bond acceptors (Lipinski definition) is 4. The summed E-state index contributed by atoms with van der Waals surface area (Å²) in [6, 6.07) is 4.31. The van der Waals surface area contributed by atoms with Gasteiger partial charge in [0.1, 0.15) is 11.6 Å². The Hall–Kier alpha value is -1.10. The lowest BCUT2D eigenvalue weighted by Gasteiger charge is -2.35. The summed E-state index contributed by atoms with van der Waals surface area (Å²) < 4.78 is 0. The summed E-state index contributed by atoms with van der Waals surface area (Å²) in [6.07, 6.45) is 4.55. The molecule has 1 heterocycles. The van der Waals surface area contributed by atoms with Crippen molar-refractivity contribution < 1.29 is 0 Å². The van der Waals surface area contributed by atoms with E-state index in [-0.39, 0.29) is 6.04 Å². The van der Waals surface area contributed by atoms with E-state index in [0.717, 1.165) is 12.8 Å². The Labute approximate surface area is 90.5 Å². The standard InChI is InChI=1S/C11H16N4/c1-15-8-14-10(6-12)11(15,7-13)9-4-2-3-5-9/h9-10,14H,2-5,8H2,1H3. The van der Waals surface area contributed by atoms with Gasteiger partial charge in [-0.05, 0) is 25.8 Å². The molecule has 2 fully saturated rings. The SMILES string of the molecule is CN1CNC(C#N)C1(C#N)C1CCCC1. The van der Waals surface area contributed by atoms with E-state index >= 15 is 0 Å². The number of hydrogen-bond donors (Lipinski definition) is 1. The number of nitrogens with zero attached hydrogens (tertiary/aromatic N) is 3. The van der Waals surface area contributed by atoms with Crippen LogP contribution >= 0.6 is 0 Å². The van der Waals surface area contributed by atoms with Gasteiger partial charge < -0.3 is 0 Å². The second kappa shape index (κ2) is 3.81. The Kier molecular flexibility index (Phi) is 2.65. The topological polar surface area (TPSA) is 62.9 Å². The second-order valence-corrected chi connectivity index (χ2v) is 4.54. The van der Waals surface area contributed by atoms with Crippen molar-refractivity contribution in [2.24, 2.45) is 5.92 Å². The minimum absolute atomic E-state index is 0.337.